The minimum absolute atomic E-state index is 0.471. The van der Waals surface area contributed by atoms with Gasteiger partial charge in [0, 0.05) is 10.0 Å². The molecular formula is C18H19BrN4O2S. The number of para-hydroxylation sites is 1. The number of H-pyrrole nitrogens is 1. The molecule has 3 aromatic rings. The summed E-state index contributed by atoms with van der Waals surface area (Å²) in [6.07, 6.45) is 0. The third-order valence-electron chi connectivity index (χ3n) is 3.77. The first kappa shape index (κ1) is 18.5. The molecule has 0 atom stereocenters. The predicted octanol–water partition coefficient (Wildman–Crippen LogP) is 4.52. The van der Waals surface area contributed by atoms with Gasteiger partial charge in [0.1, 0.15) is 11.5 Å². The topological polar surface area (TPSA) is 64.1 Å². The van der Waals surface area contributed by atoms with Crippen molar-refractivity contribution >= 4 is 28.1 Å². The quantitative estimate of drug-likeness (QED) is 0.535. The van der Waals surface area contributed by atoms with E-state index < -0.39 is 0 Å². The van der Waals surface area contributed by atoms with E-state index in [1.54, 1.807) is 11.8 Å². The molecule has 2 aromatic carbocycles. The van der Waals surface area contributed by atoms with E-state index in [0.717, 1.165) is 27.1 Å². The molecule has 1 aromatic heterocycles. The van der Waals surface area contributed by atoms with Gasteiger partial charge in [0.15, 0.2) is 5.82 Å². The Bertz CT molecular complexity index is 954. The molecule has 0 radical (unpaired) electrons. The van der Waals surface area contributed by atoms with Crippen LogP contribution >= 0.6 is 28.1 Å². The van der Waals surface area contributed by atoms with Gasteiger partial charge < -0.3 is 14.9 Å². The number of halogens is 1. The summed E-state index contributed by atoms with van der Waals surface area (Å²) in [7, 11) is 1.63. The lowest BCUT2D eigenvalue weighted by Gasteiger charge is -2.15. The van der Waals surface area contributed by atoms with Crippen molar-refractivity contribution in [3.63, 3.8) is 0 Å². The standard InChI is InChI=1S/C18H19BrN4O2S/c1-3-25-15-9-8-13(19)10-12(15)11-20-23-17(21-22-18(23)26)14-6-4-5-7-16(14)24-2/h4-10,20H,3,11H2,1-2H3,(H,22,26). The van der Waals surface area contributed by atoms with Crippen LogP contribution in [0.3, 0.4) is 0 Å². The Morgan fingerprint density at radius 1 is 1.23 bits per heavy atom. The van der Waals surface area contributed by atoms with Gasteiger partial charge in [0.25, 0.3) is 0 Å². The molecule has 136 valence electrons. The first-order valence-electron chi connectivity index (χ1n) is 8.10. The summed E-state index contributed by atoms with van der Waals surface area (Å²) >= 11 is 8.88. The number of methoxy groups -OCH3 is 1. The Morgan fingerprint density at radius 3 is 2.81 bits per heavy atom. The SMILES string of the molecule is CCOc1ccc(Br)cc1CNn1c(-c2ccccc2OC)n[nH]c1=S. The van der Waals surface area contributed by atoms with Crippen molar-refractivity contribution in [1.29, 1.82) is 0 Å². The minimum Gasteiger partial charge on any atom is -0.496 e. The second-order valence-corrected chi connectivity index (χ2v) is 6.71. The number of ether oxygens (including phenoxy) is 2. The summed E-state index contributed by atoms with van der Waals surface area (Å²) in [6.45, 7) is 3.09. The number of aromatic amines is 1. The predicted molar refractivity (Wildman–Crippen MR) is 108 cm³/mol. The molecule has 8 heteroatoms. The monoisotopic (exact) mass is 434 g/mol. The summed E-state index contributed by atoms with van der Waals surface area (Å²) in [5, 5.41) is 7.18. The Balaban J connectivity index is 1.92. The smallest absolute Gasteiger partial charge is 0.214 e. The van der Waals surface area contributed by atoms with E-state index in [1.807, 2.05) is 49.4 Å². The third kappa shape index (κ3) is 3.91. The molecule has 6 nitrogen and oxygen atoms in total. The van der Waals surface area contributed by atoms with Crippen molar-refractivity contribution in [2.45, 2.75) is 13.5 Å². The summed E-state index contributed by atoms with van der Waals surface area (Å²) in [5.74, 6) is 2.21. The molecule has 0 aliphatic carbocycles. The van der Waals surface area contributed by atoms with Crippen LogP contribution in [0.25, 0.3) is 11.4 Å². The average molecular weight is 435 g/mol. The highest BCUT2D eigenvalue weighted by Gasteiger charge is 2.14. The van der Waals surface area contributed by atoms with Crippen LogP contribution in [0.2, 0.25) is 0 Å². The Morgan fingerprint density at radius 2 is 2.04 bits per heavy atom. The van der Waals surface area contributed by atoms with Gasteiger partial charge in [-0.05, 0) is 49.5 Å². The third-order valence-corrected chi connectivity index (χ3v) is 4.54. The number of aromatic nitrogens is 3. The van der Waals surface area contributed by atoms with Crippen LogP contribution in [0.15, 0.2) is 46.9 Å². The highest BCUT2D eigenvalue weighted by atomic mass is 79.9. The van der Waals surface area contributed by atoms with Crippen LogP contribution in [0.1, 0.15) is 12.5 Å². The van der Waals surface area contributed by atoms with Gasteiger partial charge in [0.05, 0.1) is 25.8 Å². The molecule has 0 saturated carbocycles. The van der Waals surface area contributed by atoms with Crippen molar-refractivity contribution in [2.24, 2.45) is 0 Å². The van der Waals surface area contributed by atoms with Crippen molar-refractivity contribution < 1.29 is 9.47 Å². The highest BCUT2D eigenvalue weighted by molar-refractivity contribution is 9.10. The zero-order valence-electron chi connectivity index (χ0n) is 14.5. The molecule has 0 amide bonds. The van der Waals surface area contributed by atoms with Gasteiger partial charge in [-0.25, -0.2) is 9.77 Å². The van der Waals surface area contributed by atoms with Crippen molar-refractivity contribution in [1.82, 2.24) is 14.9 Å². The molecule has 0 fully saturated rings. The van der Waals surface area contributed by atoms with Crippen molar-refractivity contribution in [3.8, 4) is 22.9 Å². The number of hydrogen-bond donors (Lipinski definition) is 2. The van der Waals surface area contributed by atoms with Crippen LogP contribution in [0, 0.1) is 4.77 Å². The van der Waals surface area contributed by atoms with Crippen LogP contribution in [-0.2, 0) is 6.54 Å². The lowest BCUT2D eigenvalue weighted by atomic mass is 10.2. The van der Waals surface area contributed by atoms with E-state index in [-0.39, 0.29) is 0 Å². The maximum Gasteiger partial charge on any atom is 0.214 e. The first-order chi connectivity index (χ1) is 12.6. The number of rotatable bonds is 7. The zero-order chi connectivity index (χ0) is 18.5. The van der Waals surface area contributed by atoms with Crippen LogP contribution < -0.4 is 14.9 Å². The lowest BCUT2D eigenvalue weighted by Crippen LogP contribution is -2.16. The average Bonchev–Trinajstić information content (AvgIpc) is 3.02. The normalized spacial score (nSPS) is 10.6. The summed E-state index contributed by atoms with van der Waals surface area (Å²) in [5.41, 5.74) is 5.17. The number of nitrogens with zero attached hydrogens (tertiary/aromatic N) is 2. The molecule has 0 aliphatic rings. The first-order valence-corrected chi connectivity index (χ1v) is 9.30. The van der Waals surface area contributed by atoms with Crippen LogP contribution in [-0.4, -0.2) is 28.6 Å². The second-order valence-electron chi connectivity index (χ2n) is 5.41. The minimum atomic E-state index is 0.471. The molecule has 1 heterocycles. The summed E-state index contributed by atoms with van der Waals surface area (Å²) < 4.78 is 14.3. The Labute approximate surface area is 165 Å². The second kappa shape index (κ2) is 8.37. The van der Waals surface area contributed by atoms with E-state index in [4.69, 9.17) is 21.7 Å². The van der Waals surface area contributed by atoms with Gasteiger partial charge >= 0.3 is 0 Å². The summed E-state index contributed by atoms with van der Waals surface area (Å²) in [6, 6.07) is 13.6. The molecule has 0 aliphatic heterocycles. The Kier molecular flexibility index (Phi) is 5.95. The van der Waals surface area contributed by atoms with Crippen LogP contribution in [0.5, 0.6) is 11.5 Å². The highest BCUT2D eigenvalue weighted by Crippen LogP contribution is 2.28. The van der Waals surface area contributed by atoms with Gasteiger partial charge in [-0.2, -0.15) is 5.10 Å². The molecular weight excluding hydrogens is 416 g/mol. The zero-order valence-corrected chi connectivity index (χ0v) is 16.9. The van der Waals surface area contributed by atoms with E-state index >= 15 is 0 Å². The van der Waals surface area contributed by atoms with Gasteiger partial charge in [0.2, 0.25) is 4.77 Å². The van der Waals surface area contributed by atoms with Crippen LogP contribution in [0.4, 0.5) is 0 Å². The number of nitrogens with one attached hydrogen (secondary N) is 2. The molecule has 26 heavy (non-hydrogen) atoms. The van der Waals surface area contributed by atoms with E-state index in [0.29, 0.717) is 23.7 Å². The van der Waals surface area contributed by atoms with Gasteiger partial charge in [-0.15, -0.1) is 0 Å². The number of benzene rings is 2. The summed E-state index contributed by atoms with van der Waals surface area (Å²) in [4.78, 5) is 0. The van der Waals surface area contributed by atoms with E-state index in [2.05, 4.69) is 31.6 Å². The van der Waals surface area contributed by atoms with Gasteiger partial charge in [-0.1, -0.05) is 28.1 Å². The molecule has 0 unspecified atom stereocenters. The largest absolute Gasteiger partial charge is 0.496 e. The molecule has 0 spiro atoms. The van der Waals surface area contributed by atoms with E-state index in [1.165, 1.54) is 0 Å². The fraction of sp³-hybridized carbons (Fsp3) is 0.222. The van der Waals surface area contributed by atoms with Crippen molar-refractivity contribution in [2.75, 3.05) is 19.1 Å². The molecule has 3 rings (SSSR count). The fourth-order valence-electron chi connectivity index (χ4n) is 2.60. The lowest BCUT2D eigenvalue weighted by molar-refractivity contribution is 0.336. The number of hydrogen-bond acceptors (Lipinski definition) is 5. The Hall–Kier alpha value is -2.32. The van der Waals surface area contributed by atoms with Crippen molar-refractivity contribution in [3.05, 3.63) is 57.3 Å². The maximum absolute atomic E-state index is 5.70. The molecule has 0 saturated heterocycles. The fourth-order valence-corrected chi connectivity index (χ4v) is 3.21. The molecule has 0 bridgehead atoms. The maximum atomic E-state index is 5.70. The van der Waals surface area contributed by atoms with E-state index in [9.17, 15) is 0 Å². The molecule has 2 N–H and O–H groups in total. The van der Waals surface area contributed by atoms with Gasteiger partial charge in [-0.3, -0.25) is 0 Å².